The van der Waals surface area contributed by atoms with Crippen LogP contribution in [-0.4, -0.2) is 34.7 Å². The Kier molecular flexibility index (Phi) is 5.43. The third-order valence-corrected chi connectivity index (χ3v) is 6.35. The van der Waals surface area contributed by atoms with Crippen molar-refractivity contribution in [3.63, 3.8) is 0 Å². The van der Waals surface area contributed by atoms with Crippen LogP contribution in [0.3, 0.4) is 0 Å². The zero-order valence-corrected chi connectivity index (χ0v) is 16.5. The van der Waals surface area contributed by atoms with E-state index in [0.29, 0.717) is 5.89 Å². The van der Waals surface area contributed by atoms with Crippen LogP contribution in [0, 0.1) is 12.3 Å². The minimum atomic E-state index is -0.0756. The van der Waals surface area contributed by atoms with E-state index in [0.717, 1.165) is 55.2 Å². The lowest BCUT2D eigenvalue weighted by atomic mass is 9.75. The first-order valence-electron chi connectivity index (χ1n) is 9.55. The van der Waals surface area contributed by atoms with E-state index in [1.165, 1.54) is 5.56 Å². The number of oxazole rings is 1. The minimum absolute atomic E-state index is 0.0756. The van der Waals surface area contributed by atoms with Gasteiger partial charge in [0.1, 0.15) is 5.76 Å². The molecule has 3 heterocycles. The van der Waals surface area contributed by atoms with Crippen LogP contribution in [0.15, 0.2) is 52.3 Å². The Morgan fingerprint density at radius 1 is 1.22 bits per heavy atom. The Morgan fingerprint density at radius 2 is 2.07 bits per heavy atom. The number of aliphatic hydroxyl groups is 1. The highest BCUT2D eigenvalue weighted by atomic mass is 32.1. The molecule has 0 unspecified atom stereocenters. The van der Waals surface area contributed by atoms with Crippen molar-refractivity contribution in [1.82, 2.24) is 9.88 Å². The number of aliphatic hydroxyl groups excluding tert-OH is 1. The SMILES string of the molecule is Cc1oc(-c2cccs2)nc1CN1CCC[C@@](CO)(Cc2ccccc2)C1. The lowest BCUT2D eigenvalue weighted by Gasteiger charge is -2.42. The van der Waals surface area contributed by atoms with Crippen molar-refractivity contribution in [2.24, 2.45) is 5.41 Å². The van der Waals surface area contributed by atoms with E-state index in [1.54, 1.807) is 11.3 Å². The van der Waals surface area contributed by atoms with Gasteiger partial charge >= 0.3 is 0 Å². The Balaban J connectivity index is 1.48. The van der Waals surface area contributed by atoms with Gasteiger partial charge in [0.05, 0.1) is 17.2 Å². The molecule has 0 aliphatic carbocycles. The second-order valence-corrected chi connectivity index (χ2v) is 8.58. The molecule has 1 N–H and O–H groups in total. The highest BCUT2D eigenvalue weighted by molar-refractivity contribution is 7.13. The summed E-state index contributed by atoms with van der Waals surface area (Å²) in [4.78, 5) is 8.23. The number of hydrogen-bond donors (Lipinski definition) is 1. The minimum Gasteiger partial charge on any atom is -0.440 e. The highest BCUT2D eigenvalue weighted by Gasteiger charge is 2.35. The highest BCUT2D eigenvalue weighted by Crippen LogP contribution is 2.34. The maximum Gasteiger partial charge on any atom is 0.236 e. The fraction of sp³-hybridized carbons (Fsp3) is 0.409. The molecule has 1 aromatic carbocycles. The van der Waals surface area contributed by atoms with Gasteiger partial charge in [0.25, 0.3) is 0 Å². The van der Waals surface area contributed by atoms with Gasteiger partial charge in [-0.15, -0.1) is 11.3 Å². The van der Waals surface area contributed by atoms with Crippen molar-refractivity contribution in [1.29, 1.82) is 0 Å². The number of hydrogen-bond acceptors (Lipinski definition) is 5. The number of aromatic nitrogens is 1. The van der Waals surface area contributed by atoms with Gasteiger partial charge in [-0.3, -0.25) is 4.90 Å². The third-order valence-electron chi connectivity index (χ3n) is 5.50. The van der Waals surface area contributed by atoms with E-state index in [1.807, 2.05) is 30.5 Å². The van der Waals surface area contributed by atoms with Crippen LogP contribution in [0.1, 0.15) is 29.9 Å². The Morgan fingerprint density at radius 3 is 2.81 bits per heavy atom. The summed E-state index contributed by atoms with van der Waals surface area (Å²) >= 11 is 1.65. The topological polar surface area (TPSA) is 49.5 Å². The number of benzene rings is 1. The Labute approximate surface area is 164 Å². The van der Waals surface area contributed by atoms with Gasteiger partial charge in [-0.1, -0.05) is 36.4 Å². The normalized spacial score (nSPS) is 20.8. The average Bonchev–Trinajstić information content (AvgIpc) is 3.33. The molecule has 1 aliphatic rings. The molecule has 0 saturated carbocycles. The van der Waals surface area contributed by atoms with E-state index in [2.05, 4.69) is 29.2 Å². The van der Waals surface area contributed by atoms with Crippen LogP contribution < -0.4 is 0 Å². The first kappa shape index (κ1) is 18.4. The summed E-state index contributed by atoms with van der Waals surface area (Å²) in [6.07, 6.45) is 3.08. The van der Waals surface area contributed by atoms with Crippen molar-refractivity contribution >= 4 is 11.3 Å². The van der Waals surface area contributed by atoms with Gasteiger partial charge in [-0.25, -0.2) is 4.98 Å². The van der Waals surface area contributed by atoms with Crippen LogP contribution >= 0.6 is 11.3 Å². The molecule has 0 amide bonds. The zero-order chi connectivity index (χ0) is 18.7. The molecule has 1 atom stereocenters. The molecule has 4 rings (SSSR count). The van der Waals surface area contributed by atoms with E-state index >= 15 is 0 Å². The van der Waals surface area contributed by atoms with Crippen LogP contribution in [-0.2, 0) is 13.0 Å². The number of aryl methyl sites for hydroxylation is 1. The molecule has 0 radical (unpaired) electrons. The molecular formula is C22H26N2O2S. The molecule has 1 saturated heterocycles. The predicted octanol–water partition coefficient (Wildman–Crippen LogP) is 4.53. The van der Waals surface area contributed by atoms with Gasteiger partial charge in [0.15, 0.2) is 0 Å². The Bertz CT molecular complexity index is 860. The number of thiophene rings is 1. The van der Waals surface area contributed by atoms with Crippen molar-refractivity contribution in [2.75, 3.05) is 19.7 Å². The standard InChI is InChI=1S/C22H26N2O2S/c1-17-19(23-21(26-17)20-9-5-12-27-20)14-24-11-6-10-22(15-24,16-25)13-18-7-3-2-4-8-18/h2-5,7-9,12,25H,6,10-11,13-16H2,1H3/t22-/m1/s1. The van der Waals surface area contributed by atoms with Gasteiger partial charge in [-0.2, -0.15) is 0 Å². The number of piperidine rings is 1. The smallest absolute Gasteiger partial charge is 0.236 e. The molecule has 5 heteroatoms. The van der Waals surface area contributed by atoms with Crippen LogP contribution in [0.25, 0.3) is 10.8 Å². The number of likely N-dealkylation sites (tertiary alicyclic amines) is 1. The number of nitrogens with zero attached hydrogens (tertiary/aromatic N) is 2. The molecule has 0 spiro atoms. The summed E-state index contributed by atoms with van der Waals surface area (Å²) in [5.41, 5.74) is 2.23. The average molecular weight is 383 g/mol. The van der Waals surface area contributed by atoms with Crippen molar-refractivity contribution in [3.05, 3.63) is 64.9 Å². The predicted molar refractivity (Wildman–Crippen MR) is 109 cm³/mol. The molecule has 142 valence electrons. The maximum atomic E-state index is 10.2. The van der Waals surface area contributed by atoms with Gasteiger partial charge in [0, 0.05) is 18.5 Å². The second kappa shape index (κ2) is 7.97. The zero-order valence-electron chi connectivity index (χ0n) is 15.7. The first-order chi connectivity index (χ1) is 13.2. The maximum absolute atomic E-state index is 10.2. The molecule has 2 aromatic heterocycles. The summed E-state index contributed by atoms with van der Waals surface area (Å²) in [5.74, 6) is 1.61. The van der Waals surface area contributed by atoms with Crippen molar-refractivity contribution < 1.29 is 9.52 Å². The summed E-state index contributed by atoms with van der Waals surface area (Å²) in [6, 6.07) is 14.6. The Hall–Kier alpha value is -1.95. The van der Waals surface area contributed by atoms with Crippen LogP contribution in [0.2, 0.25) is 0 Å². The molecular weight excluding hydrogens is 356 g/mol. The third kappa shape index (κ3) is 4.15. The largest absolute Gasteiger partial charge is 0.440 e. The summed E-state index contributed by atoms with van der Waals surface area (Å²) in [6.45, 7) is 4.91. The molecule has 1 aliphatic heterocycles. The first-order valence-corrected chi connectivity index (χ1v) is 10.4. The van der Waals surface area contributed by atoms with Gasteiger partial charge < -0.3 is 9.52 Å². The molecule has 3 aromatic rings. The van der Waals surface area contributed by atoms with Gasteiger partial charge in [-0.05, 0) is 49.7 Å². The van der Waals surface area contributed by atoms with E-state index < -0.39 is 0 Å². The van der Waals surface area contributed by atoms with Crippen LogP contribution in [0.4, 0.5) is 0 Å². The molecule has 1 fully saturated rings. The van der Waals surface area contributed by atoms with E-state index in [4.69, 9.17) is 9.40 Å². The summed E-state index contributed by atoms with van der Waals surface area (Å²) in [5, 5.41) is 12.3. The lowest BCUT2D eigenvalue weighted by molar-refractivity contribution is 0.0282. The monoisotopic (exact) mass is 382 g/mol. The van der Waals surface area contributed by atoms with E-state index in [9.17, 15) is 5.11 Å². The van der Waals surface area contributed by atoms with Gasteiger partial charge in [0.2, 0.25) is 5.89 Å². The lowest BCUT2D eigenvalue weighted by Crippen LogP contribution is -2.46. The number of rotatable bonds is 6. The van der Waals surface area contributed by atoms with E-state index in [-0.39, 0.29) is 12.0 Å². The fourth-order valence-corrected chi connectivity index (χ4v) is 4.74. The van der Waals surface area contributed by atoms with Crippen LogP contribution in [0.5, 0.6) is 0 Å². The summed E-state index contributed by atoms with van der Waals surface area (Å²) < 4.78 is 5.90. The summed E-state index contributed by atoms with van der Waals surface area (Å²) in [7, 11) is 0. The molecule has 27 heavy (non-hydrogen) atoms. The van der Waals surface area contributed by atoms with Crippen molar-refractivity contribution in [2.45, 2.75) is 32.7 Å². The molecule has 0 bridgehead atoms. The molecule has 4 nitrogen and oxygen atoms in total. The fourth-order valence-electron chi connectivity index (χ4n) is 4.10. The quantitative estimate of drug-likeness (QED) is 0.680. The second-order valence-electron chi connectivity index (χ2n) is 7.63. The van der Waals surface area contributed by atoms with Crippen molar-refractivity contribution in [3.8, 4) is 10.8 Å².